The van der Waals surface area contributed by atoms with E-state index in [0.717, 1.165) is 6.92 Å². The maximum absolute atomic E-state index is 11.1. The molecule has 9 nitrogen and oxygen atoms in total. The van der Waals surface area contributed by atoms with Gasteiger partial charge in [0.15, 0.2) is 0 Å². The van der Waals surface area contributed by atoms with Gasteiger partial charge < -0.3 is 35.6 Å². The van der Waals surface area contributed by atoms with Crippen LogP contribution in [0.5, 0.6) is 0 Å². The number of carbonyl (C=O) groups is 2. The van der Waals surface area contributed by atoms with E-state index >= 15 is 0 Å². The molecule has 0 spiro atoms. The lowest BCUT2D eigenvalue weighted by molar-refractivity contribution is -0.293. The average molecular weight is 325 g/mol. The van der Waals surface area contributed by atoms with Crippen LogP contribution in [0.15, 0.2) is 0 Å². The van der Waals surface area contributed by atoms with E-state index in [0.29, 0.717) is 0 Å². The second-order valence-electron chi connectivity index (χ2n) is 4.91. The molecular weight excluding hydrogens is 306 g/mol. The Morgan fingerprint density at radius 3 is 2.48 bits per heavy atom. The summed E-state index contributed by atoms with van der Waals surface area (Å²) in [5.41, 5.74) is 0. The molecule has 0 bridgehead atoms. The standard InChI is InChI=1S/C11H19NO8S/c1-4(13)12-7-5(14)2-11(19,10(17)18)20-9(7)8(16)6(15)3-21/h5-9,14-16,19,21H,2-3H2,1H3,(H,12,13)(H,17,18)/t5-,6+,7+,8+,9?,11-/m0/s1. The summed E-state index contributed by atoms with van der Waals surface area (Å²) >= 11 is 3.79. The molecule has 1 aliphatic heterocycles. The van der Waals surface area contributed by atoms with Crippen molar-refractivity contribution in [2.75, 3.05) is 5.75 Å². The molecule has 1 unspecified atom stereocenters. The van der Waals surface area contributed by atoms with E-state index in [1.165, 1.54) is 0 Å². The molecule has 0 radical (unpaired) electrons. The van der Waals surface area contributed by atoms with Gasteiger partial charge in [-0.15, -0.1) is 0 Å². The zero-order valence-corrected chi connectivity index (χ0v) is 12.1. The van der Waals surface area contributed by atoms with Crippen LogP contribution in [0.4, 0.5) is 0 Å². The molecule has 10 heteroatoms. The Morgan fingerprint density at radius 1 is 1.48 bits per heavy atom. The summed E-state index contributed by atoms with van der Waals surface area (Å²) in [6.45, 7) is 1.16. The van der Waals surface area contributed by atoms with E-state index in [9.17, 15) is 30.0 Å². The highest BCUT2D eigenvalue weighted by Crippen LogP contribution is 2.30. The number of aliphatic hydroxyl groups excluding tert-OH is 3. The third kappa shape index (κ3) is 4.05. The number of carboxylic acid groups (broad SMARTS) is 1. The number of amides is 1. The second kappa shape index (κ2) is 6.90. The highest BCUT2D eigenvalue weighted by atomic mass is 32.1. The molecule has 1 fully saturated rings. The fourth-order valence-electron chi connectivity index (χ4n) is 2.14. The molecule has 0 aliphatic carbocycles. The van der Waals surface area contributed by atoms with Gasteiger partial charge in [-0.1, -0.05) is 0 Å². The summed E-state index contributed by atoms with van der Waals surface area (Å²) in [5, 5.41) is 50.6. The van der Waals surface area contributed by atoms with Crippen LogP contribution in [0.2, 0.25) is 0 Å². The number of ether oxygens (including phenoxy) is 1. The molecule has 1 amide bonds. The summed E-state index contributed by atoms with van der Waals surface area (Å²) < 4.78 is 4.94. The van der Waals surface area contributed by atoms with Gasteiger partial charge in [0, 0.05) is 19.1 Å². The van der Waals surface area contributed by atoms with Crippen molar-refractivity contribution in [1.29, 1.82) is 0 Å². The van der Waals surface area contributed by atoms with Crippen molar-refractivity contribution in [3.8, 4) is 0 Å². The largest absolute Gasteiger partial charge is 0.477 e. The van der Waals surface area contributed by atoms with Gasteiger partial charge in [-0.25, -0.2) is 4.79 Å². The van der Waals surface area contributed by atoms with Gasteiger partial charge in [-0.2, -0.15) is 12.6 Å². The molecular formula is C11H19NO8S. The van der Waals surface area contributed by atoms with E-state index in [1.54, 1.807) is 0 Å². The van der Waals surface area contributed by atoms with Gasteiger partial charge in [0.25, 0.3) is 5.79 Å². The first-order valence-corrected chi connectivity index (χ1v) is 6.81. The van der Waals surface area contributed by atoms with Crippen LogP contribution in [0, 0.1) is 0 Å². The molecule has 21 heavy (non-hydrogen) atoms. The first kappa shape index (κ1) is 18.1. The lowest BCUT2D eigenvalue weighted by Gasteiger charge is -2.44. The molecule has 0 aromatic carbocycles. The minimum absolute atomic E-state index is 0.171. The van der Waals surface area contributed by atoms with E-state index in [1.807, 2.05) is 0 Å². The molecule has 0 aromatic heterocycles. The van der Waals surface area contributed by atoms with Gasteiger partial charge >= 0.3 is 5.97 Å². The Hall–Kier alpha value is -0.910. The smallest absolute Gasteiger partial charge is 0.364 e. The van der Waals surface area contributed by atoms with Crippen molar-refractivity contribution in [3.05, 3.63) is 0 Å². The van der Waals surface area contributed by atoms with Crippen molar-refractivity contribution < 1.29 is 39.9 Å². The minimum atomic E-state index is -2.73. The summed E-state index contributed by atoms with van der Waals surface area (Å²) in [7, 11) is 0. The van der Waals surface area contributed by atoms with Crippen LogP contribution in [0.3, 0.4) is 0 Å². The topological polar surface area (TPSA) is 157 Å². The molecule has 1 aliphatic rings. The number of nitrogens with one attached hydrogen (secondary N) is 1. The van der Waals surface area contributed by atoms with Crippen LogP contribution >= 0.6 is 12.6 Å². The van der Waals surface area contributed by atoms with Crippen LogP contribution in [-0.4, -0.2) is 79.4 Å². The van der Waals surface area contributed by atoms with E-state index in [2.05, 4.69) is 17.9 Å². The molecule has 0 aromatic rings. The highest BCUT2D eigenvalue weighted by molar-refractivity contribution is 7.80. The van der Waals surface area contributed by atoms with Crippen molar-refractivity contribution in [2.24, 2.45) is 0 Å². The molecule has 1 saturated heterocycles. The second-order valence-corrected chi connectivity index (χ2v) is 5.28. The molecule has 6 atom stereocenters. The molecule has 0 saturated carbocycles. The zero-order chi connectivity index (χ0) is 16.4. The fourth-order valence-corrected chi connectivity index (χ4v) is 2.35. The number of carbonyl (C=O) groups excluding carboxylic acids is 1. The van der Waals surface area contributed by atoms with Crippen LogP contribution < -0.4 is 5.32 Å². The number of hydrogen-bond acceptors (Lipinski definition) is 8. The Labute approximate surface area is 125 Å². The van der Waals surface area contributed by atoms with Gasteiger partial charge in [0.2, 0.25) is 5.91 Å². The summed E-state index contributed by atoms with van der Waals surface area (Å²) in [5.74, 6) is -5.20. The average Bonchev–Trinajstić information content (AvgIpc) is 2.39. The van der Waals surface area contributed by atoms with Gasteiger partial charge in [0.1, 0.15) is 12.2 Å². The van der Waals surface area contributed by atoms with Crippen molar-refractivity contribution in [3.63, 3.8) is 0 Å². The number of carboxylic acids is 1. The fraction of sp³-hybridized carbons (Fsp3) is 0.818. The number of rotatable bonds is 5. The van der Waals surface area contributed by atoms with Gasteiger partial charge in [-0.05, 0) is 0 Å². The Morgan fingerprint density at radius 2 is 2.05 bits per heavy atom. The maximum atomic E-state index is 11.1. The quantitative estimate of drug-likeness (QED) is 0.265. The van der Waals surface area contributed by atoms with Gasteiger partial charge in [0.05, 0.1) is 18.2 Å². The summed E-state index contributed by atoms with van der Waals surface area (Å²) in [6.07, 6.45) is -6.79. The Bertz CT molecular complexity index is 408. The Balaban J connectivity index is 3.07. The normalized spacial score (nSPS) is 35.8. The SMILES string of the molecule is CC(=O)N[C@H]1C([C@H](O)[C@H](O)CS)O[C@](O)(C(=O)O)C[C@@H]1O. The first-order valence-electron chi connectivity index (χ1n) is 6.18. The molecule has 1 rings (SSSR count). The van der Waals surface area contributed by atoms with E-state index in [-0.39, 0.29) is 5.75 Å². The number of aliphatic carboxylic acids is 1. The maximum Gasteiger partial charge on any atom is 0.364 e. The predicted molar refractivity (Wildman–Crippen MR) is 71.6 cm³/mol. The van der Waals surface area contributed by atoms with Crippen LogP contribution in [0.1, 0.15) is 13.3 Å². The monoisotopic (exact) mass is 325 g/mol. The molecule has 1 heterocycles. The van der Waals surface area contributed by atoms with Crippen molar-refractivity contribution in [2.45, 2.75) is 49.6 Å². The Kier molecular flexibility index (Phi) is 5.96. The van der Waals surface area contributed by atoms with E-state index < -0.39 is 54.5 Å². The number of thiol groups is 1. The number of aliphatic hydroxyl groups is 4. The van der Waals surface area contributed by atoms with Crippen molar-refractivity contribution >= 4 is 24.5 Å². The summed E-state index contributed by atoms with van der Waals surface area (Å²) in [4.78, 5) is 22.2. The van der Waals surface area contributed by atoms with Gasteiger partial charge in [-0.3, -0.25) is 4.79 Å². The molecule has 122 valence electrons. The number of hydrogen-bond donors (Lipinski definition) is 7. The third-order valence-electron chi connectivity index (χ3n) is 3.21. The lowest BCUT2D eigenvalue weighted by Crippen LogP contribution is -2.67. The highest BCUT2D eigenvalue weighted by Gasteiger charge is 2.53. The first-order chi connectivity index (χ1) is 9.62. The zero-order valence-electron chi connectivity index (χ0n) is 11.2. The lowest BCUT2D eigenvalue weighted by atomic mass is 9.89. The minimum Gasteiger partial charge on any atom is -0.477 e. The van der Waals surface area contributed by atoms with Crippen molar-refractivity contribution in [1.82, 2.24) is 5.32 Å². The predicted octanol–water partition coefficient (Wildman–Crippen LogP) is -2.93. The third-order valence-corrected chi connectivity index (χ3v) is 3.58. The van der Waals surface area contributed by atoms with Crippen LogP contribution in [0.25, 0.3) is 0 Å². The van der Waals surface area contributed by atoms with Crippen LogP contribution in [-0.2, 0) is 14.3 Å². The summed E-state index contributed by atoms with van der Waals surface area (Å²) in [6, 6.07) is -1.19. The molecule has 6 N–H and O–H groups in total. The van der Waals surface area contributed by atoms with E-state index in [4.69, 9.17) is 9.84 Å².